The Bertz CT molecular complexity index is 1860. The zero-order valence-electron chi connectivity index (χ0n) is 24.0. The second kappa shape index (κ2) is 12.5. The van der Waals surface area contributed by atoms with Gasteiger partial charge in [-0.15, -0.1) is 11.6 Å². The average molecular weight is 615 g/mol. The van der Waals surface area contributed by atoms with Crippen LogP contribution in [0.1, 0.15) is 37.9 Å². The monoisotopic (exact) mass is 614 g/mol. The zero-order valence-corrected chi connectivity index (χ0v) is 24.7. The van der Waals surface area contributed by atoms with Crippen molar-refractivity contribution >= 4 is 56.6 Å². The van der Waals surface area contributed by atoms with Crippen molar-refractivity contribution in [3.8, 4) is 11.5 Å². The highest BCUT2D eigenvalue weighted by Crippen LogP contribution is 2.46. The summed E-state index contributed by atoms with van der Waals surface area (Å²) < 4.78 is 10.7. The molecule has 0 aliphatic carbocycles. The maximum Gasteiger partial charge on any atom is 0.274 e. The molecule has 3 heterocycles. The van der Waals surface area contributed by atoms with Gasteiger partial charge in [-0.2, -0.15) is 0 Å². The van der Waals surface area contributed by atoms with Gasteiger partial charge in [-0.3, -0.25) is 9.59 Å². The number of amides is 2. The van der Waals surface area contributed by atoms with Crippen molar-refractivity contribution in [1.29, 1.82) is 0 Å². The number of ether oxygens (including phenoxy) is 2. The number of aliphatic hydroxyl groups is 1. The first-order valence-corrected chi connectivity index (χ1v) is 14.8. The van der Waals surface area contributed by atoms with Crippen LogP contribution in [0.3, 0.4) is 0 Å². The molecule has 10 nitrogen and oxygen atoms in total. The summed E-state index contributed by atoms with van der Waals surface area (Å²) in [6.07, 6.45) is 1.57. The van der Waals surface area contributed by atoms with E-state index in [0.717, 1.165) is 21.9 Å². The van der Waals surface area contributed by atoms with Gasteiger partial charge in [0, 0.05) is 40.7 Å². The highest BCUT2D eigenvalue weighted by molar-refractivity contribution is 6.19. The number of aromatic amines is 1. The van der Waals surface area contributed by atoms with E-state index in [1.807, 2.05) is 25.1 Å². The SMILES string of the molecule is Cc1cccc2c(O)cc3c(c12)[C@H](CCl)CN3C(=O)c1cc2cc(NC(=O)c3ccc(OCCOCCO)cc3)ncc2[nH]1. The number of carbonyl (C=O) groups excluding carboxylic acids is 2. The number of phenolic OH excluding ortho intramolecular Hbond substituents is 1. The van der Waals surface area contributed by atoms with E-state index in [9.17, 15) is 14.7 Å². The number of halogens is 1. The molecule has 3 aromatic carbocycles. The van der Waals surface area contributed by atoms with Crippen LogP contribution in [0.25, 0.3) is 21.7 Å². The minimum Gasteiger partial charge on any atom is -0.507 e. The van der Waals surface area contributed by atoms with Crippen LogP contribution in [0.15, 0.2) is 66.9 Å². The molecule has 0 radical (unpaired) electrons. The van der Waals surface area contributed by atoms with Crippen molar-refractivity contribution in [3.63, 3.8) is 0 Å². The Morgan fingerprint density at radius 3 is 2.70 bits per heavy atom. The molecular weight excluding hydrogens is 584 g/mol. The topological polar surface area (TPSA) is 137 Å². The Kier molecular flexibility index (Phi) is 8.38. The molecule has 2 aromatic heterocycles. The minimum absolute atomic E-state index is 0.0400. The summed E-state index contributed by atoms with van der Waals surface area (Å²) in [5, 5.41) is 24.7. The minimum atomic E-state index is -0.343. The van der Waals surface area contributed by atoms with Crippen LogP contribution in [0.4, 0.5) is 11.5 Å². The molecule has 11 heteroatoms. The molecule has 4 N–H and O–H groups in total. The first-order valence-electron chi connectivity index (χ1n) is 14.2. The number of anilines is 2. The first kappa shape index (κ1) is 29.4. The Balaban J connectivity index is 1.18. The summed E-state index contributed by atoms with van der Waals surface area (Å²) in [6, 6.07) is 17.5. The molecular formula is C33H31ClN4O6. The molecule has 0 bridgehead atoms. The van der Waals surface area contributed by atoms with Crippen molar-refractivity contribution < 1.29 is 29.3 Å². The number of hydrogen-bond acceptors (Lipinski definition) is 7. The summed E-state index contributed by atoms with van der Waals surface area (Å²) in [5.41, 5.74) is 4.04. The van der Waals surface area contributed by atoms with Crippen LogP contribution in [-0.2, 0) is 4.74 Å². The predicted octanol–water partition coefficient (Wildman–Crippen LogP) is 5.35. The highest BCUT2D eigenvalue weighted by atomic mass is 35.5. The number of fused-ring (bicyclic) bond motifs is 4. The summed E-state index contributed by atoms with van der Waals surface area (Å²) in [7, 11) is 0. The molecule has 226 valence electrons. The molecule has 1 atom stereocenters. The predicted molar refractivity (Wildman–Crippen MR) is 169 cm³/mol. The molecule has 5 aromatic rings. The second-order valence-electron chi connectivity index (χ2n) is 10.6. The number of H-pyrrole nitrogens is 1. The van der Waals surface area contributed by atoms with Crippen LogP contribution in [0.5, 0.6) is 11.5 Å². The molecule has 44 heavy (non-hydrogen) atoms. The molecule has 0 saturated carbocycles. The third-order valence-electron chi connectivity index (χ3n) is 7.73. The van der Waals surface area contributed by atoms with Gasteiger partial charge in [-0.25, -0.2) is 4.98 Å². The normalized spacial score (nSPS) is 14.2. The van der Waals surface area contributed by atoms with Crippen LogP contribution < -0.4 is 15.0 Å². The molecule has 1 aliphatic rings. The van der Waals surface area contributed by atoms with Gasteiger partial charge in [0.05, 0.1) is 37.2 Å². The number of rotatable bonds is 10. The highest BCUT2D eigenvalue weighted by Gasteiger charge is 2.35. The van der Waals surface area contributed by atoms with Crippen molar-refractivity contribution in [1.82, 2.24) is 9.97 Å². The van der Waals surface area contributed by atoms with Gasteiger partial charge in [0.2, 0.25) is 0 Å². The van der Waals surface area contributed by atoms with Crippen LogP contribution >= 0.6 is 11.6 Å². The number of nitrogens with zero attached hydrogens (tertiary/aromatic N) is 2. The molecule has 0 fully saturated rings. The lowest BCUT2D eigenvalue weighted by molar-refractivity contribution is 0.0705. The van der Waals surface area contributed by atoms with Gasteiger partial charge in [0.15, 0.2) is 0 Å². The summed E-state index contributed by atoms with van der Waals surface area (Å²) in [4.78, 5) is 35.8. The molecule has 2 amide bonds. The number of carbonyl (C=O) groups is 2. The van der Waals surface area contributed by atoms with Crippen LogP contribution in [0.2, 0.25) is 0 Å². The molecule has 0 saturated heterocycles. The number of pyridine rings is 1. The van der Waals surface area contributed by atoms with E-state index < -0.39 is 0 Å². The Morgan fingerprint density at radius 2 is 1.93 bits per heavy atom. The Labute approximate surface area is 258 Å². The van der Waals surface area contributed by atoms with Crippen molar-refractivity contribution in [2.24, 2.45) is 0 Å². The van der Waals surface area contributed by atoms with E-state index in [1.165, 1.54) is 0 Å². The fourth-order valence-corrected chi connectivity index (χ4v) is 5.91. The van der Waals surface area contributed by atoms with Crippen molar-refractivity contribution in [2.45, 2.75) is 12.8 Å². The molecule has 0 spiro atoms. The Hall–Kier alpha value is -4.64. The quantitative estimate of drug-likeness (QED) is 0.123. The lowest BCUT2D eigenvalue weighted by Crippen LogP contribution is -2.30. The lowest BCUT2D eigenvalue weighted by atomic mass is 9.92. The number of nitrogens with one attached hydrogen (secondary N) is 2. The fraction of sp³-hybridized carbons (Fsp3) is 0.242. The maximum absolute atomic E-state index is 13.8. The van der Waals surface area contributed by atoms with Gasteiger partial charge in [-0.1, -0.05) is 18.2 Å². The number of alkyl halides is 1. The summed E-state index contributed by atoms with van der Waals surface area (Å²) >= 11 is 6.39. The van der Waals surface area contributed by atoms with E-state index in [4.69, 9.17) is 26.2 Å². The number of hydrogen-bond donors (Lipinski definition) is 4. The molecule has 0 unspecified atom stereocenters. The molecule has 6 rings (SSSR count). The van der Waals surface area contributed by atoms with E-state index in [0.29, 0.717) is 65.1 Å². The van der Waals surface area contributed by atoms with Crippen molar-refractivity contribution in [3.05, 3.63) is 89.2 Å². The van der Waals surface area contributed by atoms with Gasteiger partial charge < -0.3 is 34.9 Å². The lowest BCUT2D eigenvalue weighted by Gasteiger charge is -2.18. The van der Waals surface area contributed by atoms with Crippen LogP contribution in [-0.4, -0.2) is 70.8 Å². The number of phenols is 1. The van der Waals surface area contributed by atoms with Crippen LogP contribution in [0, 0.1) is 6.92 Å². The number of aromatic nitrogens is 2. The Morgan fingerprint density at radius 1 is 1.11 bits per heavy atom. The third-order valence-corrected chi connectivity index (χ3v) is 8.10. The number of aliphatic hydroxyl groups excluding tert-OH is 1. The smallest absolute Gasteiger partial charge is 0.274 e. The number of benzene rings is 3. The summed E-state index contributed by atoms with van der Waals surface area (Å²) in [6.45, 7) is 3.27. The van der Waals surface area contributed by atoms with E-state index in [-0.39, 0.29) is 36.7 Å². The van der Waals surface area contributed by atoms with Crippen molar-refractivity contribution in [2.75, 3.05) is 49.1 Å². The fourth-order valence-electron chi connectivity index (χ4n) is 5.65. The van der Waals surface area contributed by atoms with E-state index in [2.05, 4.69) is 15.3 Å². The maximum atomic E-state index is 13.8. The van der Waals surface area contributed by atoms with E-state index in [1.54, 1.807) is 53.6 Å². The third kappa shape index (κ3) is 5.67. The van der Waals surface area contributed by atoms with Gasteiger partial charge in [0.25, 0.3) is 11.8 Å². The van der Waals surface area contributed by atoms with Gasteiger partial charge in [0.1, 0.15) is 29.6 Å². The first-order chi connectivity index (χ1) is 21.4. The zero-order chi connectivity index (χ0) is 30.8. The summed E-state index contributed by atoms with van der Waals surface area (Å²) in [5.74, 6) is 0.694. The largest absolute Gasteiger partial charge is 0.507 e. The standard InChI is InChI=1S/C33H31ClN4O6/c1-19-3-2-4-24-28(40)15-27-31(30(19)24)22(16-34)18-38(27)33(42)25-13-21-14-29(35-17-26(21)36-25)37-32(41)20-5-7-23(8-6-20)44-12-11-43-10-9-39/h2-8,13-15,17,22,36,39-40H,9-12,16,18H2,1H3,(H,35,37,41)/t22-/m1/s1. The van der Waals surface area contributed by atoms with Gasteiger partial charge in [-0.05, 0) is 59.8 Å². The molecule has 1 aliphatic heterocycles. The second-order valence-corrected chi connectivity index (χ2v) is 10.9. The number of aryl methyl sites for hydroxylation is 1. The number of aromatic hydroxyl groups is 1. The average Bonchev–Trinajstić information content (AvgIpc) is 3.62. The van der Waals surface area contributed by atoms with E-state index >= 15 is 0 Å². The van der Waals surface area contributed by atoms with Gasteiger partial charge >= 0.3 is 0 Å².